The zero-order valence-electron chi connectivity index (χ0n) is 16.5. The predicted molar refractivity (Wildman–Crippen MR) is 115 cm³/mol. The van der Waals surface area contributed by atoms with Crippen molar-refractivity contribution in [2.24, 2.45) is 0 Å². The van der Waals surface area contributed by atoms with Crippen LogP contribution in [0, 0.1) is 0 Å². The van der Waals surface area contributed by atoms with Gasteiger partial charge in [-0.25, -0.2) is 0 Å². The molecule has 3 aromatic rings. The zero-order valence-corrected chi connectivity index (χ0v) is 16.5. The van der Waals surface area contributed by atoms with E-state index >= 15 is 0 Å². The molecule has 1 heterocycles. The first-order valence-electron chi connectivity index (χ1n) is 9.85. The lowest BCUT2D eigenvalue weighted by Crippen LogP contribution is -2.35. The molecule has 1 amide bonds. The number of hydrogen-bond donors (Lipinski definition) is 0. The Morgan fingerprint density at radius 3 is 2.36 bits per heavy atom. The maximum Gasteiger partial charge on any atom is 0.230 e. The van der Waals surface area contributed by atoms with Crippen LogP contribution in [-0.4, -0.2) is 21.9 Å². The maximum atomic E-state index is 13.3. The van der Waals surface area contributed by atoms with Crippen LogP contribution in [0.3, 0.4) is 0 Å². The van der Waals surface area contributed by atoms with Gasteiger partial charge < -0.3 is 9.47 Å². The van der Waals surface area contributed by atoms with Gasteiger partial charge in [-0.3, -0.25) is 4.79 Å². The fourth-order valence-corrected chi connectivity index (χ4v) is 3.57. The van der Waals surface area contributed by atoms with E-state index in [1.807, 2.05) is 47.4 Å². The van der Waals surface area contributed by atoms with Crippen molar-refractivity contribution in [3.63, 3.8) is 0 Å². The summed E-state index contributed by atoms with van der Waals surface area (Å²) in [6.45, 7) is 7.85. The maximum absolute atomic E-state index is 13.3. The minimum absolute atomic E-state index is 0.126. The standard InChI is InChI=1S/C25H28N2O/c1-3-17-27(25(28)24(4-2)22-14-9-6-10-15-22)20-23-16-11-18-26(23)19-21-12-7-5-8-13-21/h3,5-16,18,24H,1,4,17,19-20H2,2H3. The monoisotopic (exact) mass is 372 g/mol. The van der Waals surface area contributed by atoms with Crippen molar-refractivity contribution in [1.29, 1.82) is 0 Å². The number of carbonyl (C=O) groups excluding carboxylic acids is 1. The summed E-state index contributed by atoms with van der Waals surface area (Å²) in [5.74, 6) is 0.0275. The second kappa shape index (κ2) is 9.75. The Labute approximate surface area is 167 Å². The normalized spacial score (nSPS) is 11.8. The molecular formula is C25H28N2O. The first-order valence-corrected chi connectivity index (χ1v) is 9.85. The van der Waals surface area contributed by atoms with Crippen molar-refractivity contribution in [2.75, 3.05) is 6.54 Å². The highest BCUT2D eigenvalue weighted by Crippen LogP contribution is 2.23. The third-order valence-electron chi connectivity index (χ3n) is 5.04. The molecule has 0 bridgehead atoms. The van der Waals surface area contributed by atoms with Crippen LogP contribution < -0.4 is 0 Å². The SMILES string of the molecule is C=CCN(Cc1cccn1Cc1ccccc1)C(=O)C(CC)c1ccccc1. The number of rotatable bonds is 9. The van der Waals surface area contributed by atoms with Crippen molar-refractivity contribution in [2.45, 2.75) is 32.4 Å². The third kappa shape index (κ3) is 4.80. The number of benzene rings is 2. The van der Waals surface area contributed by atoms with E-state index in [0.717, 1.165) is 24.2 Å². The minimum Gasteiger partial charge on any atom is -0.345 e. The Morgan fingerprint density at radius 1 is 1.04 bits per heavy atom. The smallest absolute Gasteiger partial charge is 0.230 e. The topological polar surface area (TPSA) is 25.2 Å². The van der Waals surface area contributed by atoms with Gasteiger partial charge in [0.1, 0.15) is 0 Å². The van der Waals surface area contributed by atoms with Crippen LogP contribution in [-0.2, 0) is 17.9 Å². The summed E-state index contributed by atoms with van der Waals surface area (Å²) in [5.41, 5.74) is 3.45. The Morgan fingerprint density at radius 2 is 1.71 bits per heavy atom. The molecule has 0 aliphatic carbocycles. The number of aromatic nitrogens is 1. The molecule has 0 saturated carbocycles. The number of carbonyl (C=O) groups is 1. The van der Waals surface area contributed by atoms with Crippen LogP contribution in [0.2, 0.25) is 0 Å². The zero-order chi connectivity index (χ0) is 19.8. The molecule has 1 unspecified atom stereocenters. The number of hydrogen-bond acceptors (Lipinski definition) is 1. The van der Waals surface area contributed by atoms with E-state index < -0.39 is 0 Å². The molecule has 0 fully saturated rings. The van der Waals surface area contributed by atoms with Crippen LogP contribution in [0.15, 0.2) is 91.6 Å². The van der Waals surface area contributed by atoms with Gasteiger partial charge in [0.2, 0.25) is 5.91 Å². The van der Waals surface area contributed by atoms with Crippen molar-refractivity contribution < 1.29 is 4.79 Å². The van der Waals surface area contributed by atoms with E-state index in [0.29, 0.717) is 13.1 Å². The molecule has 1 atom stereocenters. The molecule has 0 saturated heterocycles. The van der Waals surface area contributed by atoms with E-state index in [-0.39, 0.29) is 11.8 Å². The molecule has 2 aromatic carbocycles. The van der Waals surface area contributed by atoms with Gasteiger partial charge in [-0.1, -0.05) is 73.7 Å². The average molecular weight is 373 g/mol. The van der Waals surface area contributed by atoms with Gasteiger partial charge in [-0.15, -0.1) is 6.58 Å². The predicted octanol–water partition coefficient (Wildman–Crippen LogP) is 5.24. The fraction of sp³-hybridized carbons (Fsp3) is 0.240. The summed E-state index contributed by atoms with van der Waals surface area (Å²) in [6, 6.07) is 24.6. The summed E-state index contributed by atoms with van der Waals surface area (Å²) < 4.78 is 2.21. The second-order valence-corrected chi connectivity index (χ2v) is 6.99. The number of amides is 1. The summed E-state index contributed by atoms with van der Waals surface area (Å²) in [5, 5.41) is 0. The highest BCUT2D eigenvalue weighted by molar-refractivity contribution is 5.83. The molecule has 28 heavy (non-hydrogen) atoms. The van der Waals surface area contributed by atoms with Gasteiger partial charge in [0, 0.05) is 25.0 Å². The molecule has 0 spiro atoms. The molecular weight excluding hydrogens is 344 g/mol. The van der Waals surface area contributed by atoms with Gasteiger partial charge in [0.15, 0.2) is 0 Å². The lowest BCUT2D eigenvalue weighted by Gasteiger charge is -2.27. The molecule has 1 aromatic heterocycles. The third-order valence-corrected chi connectivity index (χ3v) is 5.04. The quantitative estimate of drug-likeness (QED) is 0.471. The van der Waals surface area contributed by atoms with Gasteiger partial charge in [-0.2, -0.15) is 0 Å². The summed E-state index contributed by atoms with van der Waals surface area (Å²) in [6.07, 6.45) is 4.66. The molecule has 3 rings (SSSR count). The van der Waals surface area contributed by atoms with E-state index in [1.54, 1.807) is 6.08 Å². The molecule has 0 N–H and O–H groups in total. The first kappa shape index (κ1) is 19.7. The molecule has 0 aliphatic heterocycles. The van der Waals surface area contributed by atoms with Crippen LogP contribution >= 0.6 is 0 Å². The molecule has 3 nitrogen and oxygen atoms in total. The molecule has 0 radical (unpaired) electrons. The fourth-order valence-electron chi connectivity index (χ4n) is 3.57. The summed E-state index contributed by atoms with van der Waals surface area (Å²) >= 11 is 0. The lowest BCUT2D eigenvalue weighted by molar-refractivity contribution is -0.133. The van der Waals surface area contributed by atoms with E-state index in [1.165, 1.54) is 5.56 Å². The molecule has 3 heteroatoms. The van der Waals surface area contributed by atoms with E-state index in [2.05, 4.69) is 54.6 Å². The van der Waals surface area contributed by atoms with Gasteiger partial charge in [0.05, 0.1) is 12.5 Å². The van der Waals surface area contributed by atoms with Crippen molar-refractivity contribution in [1.82, 2.24) is 9.47 Å². The highest BCUT2D eigenvalue weighted by atomic mass is 16.2. The van der Waals surface area contributed by atoms with Gasteiger partial charge in [-0.05, 0) is 29.7 Å². The van der Waals surface area contributed by atoms with Gasteiger partial charge >= 0.3 is 0 Å². The Kier molecular flexibility index (Phi) is 6.85. The highest BCUT2D eigenvalue weighted by Gasteiger charge is 2.24. The van der Waals surface area contributed by atoms with Gasteiger partial charge in [0.25, 0.3) is 0 Å². The van der Waals surface area contributed by atoms with E-state index in [4.69, 9.17) is 0 Å². The van der Waals surface area contributed by atoms with Crippen LogP contribution in [0.5, 0.6) is 0 Å². The molecule has 144 valence electrons. The molecule has 0 aliphatic rings. The van der Waals surface area contributed by atoms with Crippen molar-refractivity contribution in [3.8, 4) is 0 Å². The average Bonchev–Trinajstić information content (AvgIpc) is 3.16. The Balaban J connectivity index is 1.79. The Hall–Kier alpha value is -3.07. The summed E-state index contributed by atoms with van der Waals surface area (Å²) in [7, 11) is 0. The second-order valence-electron chi connectivity index (χ2n) is 6.99. The van der Waals surface area contributed by atoms with E-state index in [9.17, 15) is 4.79 Å². The first-order chi connectivity index (χ1) is 13.7. The van der Waals surface area contributed by atoms with Crippen molar-refractivity contribution >= 4 is 5.91 Å². The summed E-state index contributed by atoms with van der Waals surface area (Å²) in [4.78, 5) is 15.2. The van der Waals surface area contributed by atoms with Crippen molar-refractivity contribution in [3.05, 3.63) is 108 Å². The Bertz CT molecular complexity index is 883. The lowest BCUT2D eigenvalue weighted by atomic mass is 9.95. The van der Waals surface area contributed by atoms with Crippen LogP contribution in [0.25, 0.3) is 0 Å². The largest absolute Gasteiger partial charge is 0.345 e. The van der Waals surface area contributed by atoms with Crippen LogP contribution in [0.1, 0.15) is 36.1 Å². The minimum atomic E-state index is -0.126. The van der Waals surface area contributed by atoms with Crippen LogP contribution in [0.4, 0.5) is 0 Å². The number of nitrogens with zero attached hydrogens (tertiary/aromatic N) is 2.